The number of carbonyl (C=O) groups is 2. The molecule has 1 aromatic heterocycles. The third-order valence-corrected chi connectivity index (χ3v) is 5.55. The van der Waals surface area contributed by atoms with Gasteiger partial charge in [0.05, 0.1) is 5.56 Å². The van der Waals surface area contributed by atoms with Gasteiger partial charge in [-0.3, -0.25) is 9.59 Å². The van der Waals surface area contributed by atoms with Crippen LogP contribution in [0.1, 0.15) is 61.6 Å². The zero-order valence-corrected chi connectivity index (χ0v) is 14.8. The van der Waals surface area contributed by atoms with Crippen molar-refractivity contribution in [3.8, 4) is 0 Å². The van der Waals surface area contributed by atoms with Crippen LogP contribution >= 0.6 is 0 Å². The number of furan rings is 1. The molecule has 0 radical (unpaired) electrons. The van der Waals surface area contributed by atoms with E-state index >= 15 is 0 Å². The van der Waals surface area contributed by atoms with Crippen LogP contribution in [0.25, 0.3) is 0 Å². The van der Waals surface area contributed by atoms with Crippen LogP contribution in [0.4, 0.5) is 0 Å². The molecule has 2 aliphatic rings. The van der Waals surface area contributed by atoms with E-state index in [1.54, 1.807) is 19.3 Å². The second-order valence-electron chi connectivity index (χ2n) is 7.20. The number of rotatable bonds is 2. The molecule has 1 atom stereocenters. The standard InChI is InChI=1S/C19H28N2O3/c1-14-12-17(13-24-14)19(23)20-10-7-16(8-11-20)18-6-4-3-5-9-21(18)15(2)22/h12-13,16,18H,3-11H2,1-2H3. The van der Waals surface area contributed by atoms with E-state index in [1.807, 2.05) is 11.8 Å². The van der Waals surface area contributed by atoms with Crippen LogP contribution < -0.4 is 0 Å². The summed E-state index contributed by atoms with van der Waals surface area (Å²) in [5.74, 6) is 1.55. The first-order valence-electron chi connectivity index (χ1n) is 9.18. The molecule has 2 fully saturated rings. The summed E-state index contributed by atoms with van der Waals surface area (Å²) < 4.78 is 5.26. The minimum absolute atomic E-state index is 0.0644. The Morgan fingerprint density at radius 1 is 1.08 bits per heavy atom. The van der Waals surface area contributed by atoms with E-state index in [2.05, 4.69) is 4.90 Å². The van der Waals surface area contributed by atoms with Gasteiger partial charge in [0.2, 0.25) is 5.91 Å². The number of hydrogen-bond donors (Lipinski definition) is 0. The van der Waals surface area contributed by atoms with Gasteiger partial charge in [-0.1, -0.05) is 12.8 Å². The van der Waals surface area contributed by atoms with Crippen molar-refractivity contribution in [1.29, 1.82) is 0 Å². The molecule has 0 N–H and O–H groups in total. The molecule has 0 saturated carbocycles. The van der Waals surface area contributed by atoms with Gasteiger partial charge < -0.3 is 14.2 Å². The largest absolute Gasteiger partial charge is 0.469 e. The first kappa shape index (κ1) is 17.1. The van der Waals surface area contributed by atoms with Gasteiger partial charge in [0.25, 0.3) is 5.91 Å². The highest BCUT2D eigenvalue weighted by Crippen LogP contribution is 2.30. The minimum atomic E-state index is 0.0644. The van der Waals surface area contributed by atoms with Crippen LogP contribution in [0.15, 0.2) is 16.7 Å². The van der Waals surface area contributed by atoms with Crippen LogP contribution in [0.3, 0.4) is 0 Å². The van der Waals surface area contributed by atoms with Gasteiger partial charge in [-0.15, -0.1) is 0 Å². The molecule has 5 nitrogen and oxygen atoms in total. The maximum Gasteiger partial charge on any atom is 0.257 e. The first-order valence-corrected chi connectivity index (χ1v) is 9.18. The molecule has 0 bridgehead atoms. The molecule has 3 rings (SSSR count). The molecule has 24 heavy (non-hydrogen) atoms. The highest BCUT2D eigenvalue weighted by molar-refractivity contribution is 5.94. The quantitative estimate of drug-likeness (QED) is 0.835. The molecule has 1 aromatic rings. The second kappa shape index (κ2) is 7.41. The first-order chi connectivity index (χ1) is 11.6. The lowest BCUT2D eigenvalue weighted by Crippen LogP contribution is -2.48. The van der Waals surface area contributed by atoms with Gasteiger partial charge in [-0.25, -0.2) is 0 Å². The van der Waals surface area contributed by atoms with Gasteiger partial charge in [-0.2, -0.15) is 0 Å². The summed E-state index contributed by atoms with van der Waals surface area (Å²) in [7, 11) is 0. The molecule has 0 spiro atoms. The number of aryl methyl sites for hydroxylation is 1. The molecule has 0 aliphatic carbocycles. The molecule has 2 aliphatic heterocycles. The summed E-state index contributed by atoms with van der Waals surface area (Å²) in [6.07, 6.45) is 8.17. The predicted octanol–water partition coefficient (Wildman–Crippen LogP) is 3.23. The lowest BCUT2D eigenvalue weighted by molar-refractivity contribution is -0.132. The lowest BCUT2D eigenvalue weighted by Gasteiger charge is -2.40. The van der Waals surface area contributed by atoms with Crippen molar-refractivity contribution < 1.29 is 14.0 Å². The van der Waals surface area contributed by atoms with E-state index in [-0.39, 0.29) is 11.8 Å². The zero-order chi connectivity index (χ0) is 17.1. The average molecular weight is 332 g/mol. The van der Waals surface area contributed by atoms with Crippen LogP contribution in [0.2, 0.25) is 0 Å². The fourth-order valence-electron chi connectivity index (χ4n) is 4.24. The molecule has 5 heteroatoms. The summed E-state index contributed by atoms with van der Waals surface area (Å²) in [5, 5.41) is 0. The third kappa shape index (κ3) is 3.65. The van der Waals surface area contributed by atoms with E-state index in [4.69, 9.17) is 4.42 Å². The monoisotopic (exact) mass is 332 g/mol. The summed E-state index contributed by atoms with van der Waals surface area (Å²) in [4.78, 5) is 28.6. The molecular formula is C19H28N2O3. The summed E-state index contributed by atoms with van der Waals surface area (Å²) in [6.45, 7) is 5.99. The number of amides is 2. The van der Waals surface area contributed by atoms with Crippen molar-refractivity contribution in [3.05, 3.63) is 23.7 Å². The Labute approximate surface area is 144 Å². The van der Waals surface area contributed by atoms with Crippen molar-refractivity contribution in [3.63, 3.8) is 0 Å². The van der Waals surface area contributed by atoms with Crippen LogP contribution in [-0.2, 0) is 4.79 Å². The summed E-state index contributed by atoms with van der Waals surface area (Å²) >= 11 is 0. The van der Waals surface area contributed by atoms with E-state index in [1.165, 1.54) is 12.8 Å². The van der Waals surface area contributed by atoms with Crippen molar-refractivity contribution >= 4 is 11.8 Å². The number of nitrogens with zero attached hydrogens (tertiary/aromatic N) is 2. The molecule has 2 amide bonds. The summed E-state index contributed by atoms with van der Waals surface area (Å²) in [6, 6.07) is 2.16. The molecule has 2 saturated heterocycles. The van der Waals surface area contributed by atoms with E-state index < -0.39 is 0 Å². The van der Waals surface area contributed by atoms with Gasteiger partial charge >= 0.3 is 0 Å². The van der Waals surface area contributed by atoms with Crippen molar-refractivity contribution in [2.75, 3.05) is 19.6 Å². The predicted molar refractivity (Wildman–Crippen MR) is 91.7 cm³/mol. The van der Waals surface area contributed by atoms with Gasteiger partial charge in [0.1, 0.15) is 12.0 Å². The third-order valence-electron chi connectivity index (χ3n) is 5.55. The molecule has 1 unspecified atom stereocenters. The van der Waals surface area contributed by atoms with Crippen molar-refractivity contribution in [1.82, 2.24) is 9.80 Å². The Hall–Kier alpha value is -1.78. The average Bonchev–Trinajstić information content (AvgIpc) is 2.86. The number of hydrogen-bond acceptors (Lipinski definition) is 3. The van der Waals surface area contributed by atoms with Gasteiger partial charge in [0.15, 0.2) is 0 Å². The van der Waals surface area contributed by atoms with E-state index in [0.717, 1.165) is 51.1 Å². The fourth-order valence-corrected chi connectivity index (χ4v) is 4.24. The Morgan fingerprint density at radius 2 is 1.83 bits per heavy atom. The topological polar surface area (TPSA) is 53.8 Å². The Balaban J connectivity index is 1.61. The fraction of sp³-hybridized carbons (Fsp3) is 0.684. The van der Waals surface area contributed by atoms with Crippen LogP contribution in [0.5, 0.6) is 0 Å². The van der Waals surface area contributed by atoms with Crippen LogP contribution in [-0.4, -0.2) is 47.3 Å². The van der Waals surface area contributed by atoms with Gasteiger partial charge in [0, 0.05) is 32.6 Å². The minimum Gasteiger partial charge on any atom is -0.469 e. The highest BCUT2D eigenvalue weighted by Gasteiger charge is 2.34. The highest BCUT2D eigenvalue weighted by atomic mass is 16.3. The van der Waals surface area contributed by atoms with Crippen LogP contribution in [0, 0.1) is 12.8 Å². The van der Waals surface area contributed by atoms with E-state index in [0.29, 0.717) is 17.5 Å². The Morgan fingerprint density at radius 3 is 2.46 bits per heavy atom. The SMILES string of the molecule is CC(=O)N1CCCCCC1C1CCN(C(=O)c2coc(C)c2)CC1. The Bertz CT molecular complexity index is 587. The second-order valence-corrected chi connectivity index (χ2v) is 7.20. The van der Waals surface area contributed by atoms with Crippen molar-refractivity contribution in [2.45, 2.75) is 58.4 Å². The molecular weight excluding hydrogens is 304 g/mol. The summed E-state index contributed by atoms with van der Waals surface area (Å²) in [5.41, 5.74) is 0.644. The molecule has 3 heterocycles. The van der Waals surface area contributed by atoms with E-state index in [9.17, 15) is 9.59 Å². The normalized spacial score (nSPS) is 23.2. The maximum absolute atomic E-state index is 12.5. The number of piperidine rings is 1. The zero-order valence-electron chi connectivity index (χ0n) is 14.8. The number of carbonyl (C=O) groups excluding carboxylic acids is 2. The molecule has 132 valence electrons. The molecule has 0 aromatic carbocycles. The van der Waals surface area contributed by atoms with Crippen molar-refractivity contribution in [2.24, 2.45) is 5.92 Å². The lowest BCUT2D eigenvalue weighted by atomic mass is 9.86. The Kier molecular flexibility index (Phi) is 5.27. The van der Waals surface area contributed by atoms with Gasteiger partial charge in [-0.05, 0) is 44.6 Å². The smallest absolute Gasteiger partial charge is 0.257 e. The maximum atomic E-state index is 12.5. The number of likely N-dealkylation sites (tertiary alicyclic amines) is 2.